The molecule has 0 heterocycles. The Morgan fingerprint density at radius 3 is 2.61 bits per heavy atom. The second-order valence-electron chi connectivity index (χ2n) is 3.66. The molecule has 0 saturated carbocycles. The van der Waals surface area contributed by atoms with E-state index in [0.29, 0.717) is 23.5 Å². The van der Waals surface area contributed by atoms with Gasteiger partial charge in [-0.1, -0.05) is 36.6 Å². The molecule has 0 fully saturated rings. The molecule has 0 spiro atoms. The highest BCUT2D eigenvalue weighted by Gasteiger charge is 2.17. The molecule has 0 aliphatic carbocycles. The van der Waals surface area contributed by atoms with Crippen LogP contribution in [0.2, 0.25) is 0 Å². The molecule has 5 nitrogen and oxygen atoms in total. The third-order valence-corrected chi connectivity index (χ3v) is 6.68. The van der Waals surface area contributed by atoms with Crippen molar-refractivity contribution in [1.29, 1.82) is 0 Å². The van der Waals surface area contributed by atoms with Gasteiger partial charge in [-0.2, -0.15) is 0 Å². The van der Waals surface area contributed by atoms with Crippen LogP contribution in [0.25, 0.3) is 0 Å². The topological polar surface area (TPSA) is 77.8 Å². The average Bonchev–Trinajstić information content (AvgIpc) is 2.26. The Balaban J connectivity index is 4.05. The number of nitrogens with zero attached hydrogens (tertiary/aromatic N) is 1. The fourth-order valence-corrected chi connectivity index (χ4v) is 4.32. The summed E-state index contributed by atoms with van der Waals surface area (Å²) in [6, 6.07) is 0. The highest BCUT2D eigenvalue weighted by Crippen LogP contribution is 2.56. The predicted octanol–water partition coefficient (Wildman–Crippen LogP) is 2.67. The van der Waals surface area contributed by atoms with E-state index in [-0.39, 0.29) is 11.7 Å². The molecule has 18 heavy (non-hydrogen) atoms. The van der Waals surface area contributed by atoms with Gasteiger partial charge in [-0.05, 0) is 6.42 Å². The third-order valence-electron chi connectivity index (χ3n) is 2.07. The number of carbonyl (C=O) groups is 1. The summed E-state index contributed by atoms with van der Waals surface area (Å²) in [5, 5.41) is 0. The molecule has 0 saturated heterocycles. The van der Waals surface area contributed by atoms with Crippen LogP contribution < -0.4 is 0 Å². The van der Waals surface area contributed by atoms with E-state index in [4.69, 9.17) is 9.79 Å². The first kappa shape index (κ1) is 18.1. The minimum absolute atomic E-state index is 0.0652. The molecule has 106 valence electrons. The molecular formula is C10H20NO4PS2. The van der Waals surface area contributed by atoms with Gasteiger partial charge >= 0.3 is 6.80 Å². The molecule has 0 aliphatic rings. The van der Waals surface area contributed by atoms with Gasteiger partial charge < -0.3 is 14.7 Å². The van der Waals surface area contributed by atoms with Gasteiger partial charge in [0.15, 0.2) is 0 Å². The summed E-state index contributed by atoms with van der Waals surface area (Å²) in [5.74, 6) is -0.0487. The SMILES string of the molecule is C=CCN(CCCCC)C(=O)CSSP(=O)(O)O. The summed E-state index contributed by atoms with van der Waals surface area (Å²) in [6.45, 7) is 2.73. The van der Waals surface area contributed by atoms with Crippen LogP contribution >= 0.6 is 28.0 Å². The van der Waals surface area contributed by atoms with Crippen molar-refractivity contribution in [2.75, 3.05) is 18.8 Å². The first-order valence-corrected chi connectivity index (χ1v) is 10.2. The summed E-state index contributed by atoms with van der Waals surface area (Å²) in [6.07, 6.45) is 4.74. The van der Waals surface area contributed by atoms with Crippen molar-refractivity contribution in [2.24, 2.45) is 0 Å². The van der Waals surface area contributed by atoms with Crippen LogP contribution in [0, 0.1) is 0 Å². The maximum absolute atomic E-state index is 11.8. The number of hydrogen-bond donors (Lipinski definition) is 2. The van der Waals surface area contributed by atoms with Crippen molar-refractivity contribution in [1.82, 2.24) is 4.90 Å². The average molecular weight is 313 g/mol. The monoisotopic (exact) mass is 313 g/mol. The summed E-state index contributed by atoms with van der Waals surface area (Å²) in [4.78, 5) is 30.8. The lowest BCUT2D eigenvalue weighted by Crippen LogP contribution is -2.33. The van der Waals surface area contributed by atoms with Gasteiger partial charge in [0, 0.05) is 23.5 Å². The molecule has 0 aromatic rings. The Morgan fingerprint density at radius 1 is 1.44 bits per heavy atom. The van der Waals surface area contributed by atoms with Gasteiger partial charge in [-0.3, -0.25) is 4.79 Å². The zero-order valence-electron chi connectivity index (χ0n) is 10.4. The van der Waals surface area contributed by atoms with Gasteiger partial charge in [-0.15, -0.1) is 6.58 Å². The van der Waals surface area contributed by atoms with Crippen LogP contribution in [0.15, 0.2) is 12.7 Å². The first-order chi connectivity index (χ1) is 8.40. The molecule has 0 bridgehead atoms. The fraction of sp³-hybridized carbons (Fsp3) is 0.700. The van der Waals surface area contributed by atoms with Crippen LogP contribution in [0.5, 0.6) is 0 Å². The van der Waals surface area contributed by atoms with Gasteiger partial charge in [0.2, 0.25) is 5.91 Å². The molecule has 0 aliphatic heterocycles. The van der Waals surface area contributed by atoms with E-state index in [1.54, 1.807) is 11.0 Å². The Morgan fingerprint density at radius 2 is 2.11 bits per heavy atom. The summed E-state index contributed by atoms with van der Waals surface area (Å²) < 4.78 is 10.6. The van der Waals surface area contributed by atoms with Crippen molar-refractivity contribution in [3.63, 3.8) is 0 Å². The first-order valence-electron chi connectivity index (χ1n) is 5.66. The van der Waals surface area contributed by atoms with Gasteiger partial charge in [-0.25, -0.2) is 4.57 Å². The molecule has 0 unspecified atom stereocenters. The van der Waals surface area contributed by atoms with Gasteiger partial charge in [0.05, 0.1) is 5.75 Å². The quantitative estimate of drug-likeness (QED) is 0.279. The van der Waals surface area contributed by atoms with E-state index in [1.165, 1.54) is 0 Å². The Kier molecular flexibility index (Phi) is 9.95. The van der Waals surface area contributed by atoms with E-state index < -0.39 is 6.80 Å². The normalized spacial score (nSPS) is 11.3. The maximum Gasteiger partial charge on any atom is 0.394 e. The molecular weight excluding hydrogens is 293 g/mol. The lowest BCUT2D eigenvalue weighted by Gasteiger charge is -2.20. The Labute approximate surface area is 116 Å². The molecule has 2 N–H and O–H groups in total. The molecule has 8 heteroatoms. The minimum atomic E-state index is -4.10. The Bertz CT molecular complexity index is 308. The van der Waals surface area contributed by atoms with Crippen molar-refractivity contribution in [3.8, 4) is 0 Å². The zero-order valence-corrected chi connectivity index (χ0v) is 13.0. The number of hydrogen-bond acceptors (Lipinski definition) is 4. The smallest absolute Gasteiger partial charge is 0.338 e. The molecule has 1 amide bonds. The minimum Gasteiger partial charge on any atom is -0.338 e. The molecule has 0 rings (SSSR count). The molecule has 0 aromatic heterocycles. The van der Waals surface area contributed by atoms with Gasteiger partial charge in [0.1, 0.15) is 0 Å². The zero-order chi connectivity index (χ0) is 14.0. The fourth-order valence-electron chi connectivity index (χ4n) is 1.26. The predicted molar refractivity (Wildman–Crippen MR) is 78.4 cm³/mol. The maximum atomic E-state index is 11.8. The van der Waals surface area contributed by atoms with Crippen molar-refractivity contribution < 1.29 is 19.1 Å². The number of unbranched alkanes of at least 4 members (excludes halogenated alkanes) is 2. The van der Waals surface area contributed by atoms with E-state index in [2.05, 4.69) is 13.5 Å². The van der Waals surface area contributed by atoms with E-state index >= 15 is 0 Å². The molecule has 0 aromatic carbocycles. The third kappa shape index (κ3) is 10.0. The molecule has 0 atom stereocenters. The summed E-state index contributed by atoms with van der Waals surface area (Å²) in [5.41, 5.74) is 0. The second-order valence-corrected chi connectivity index (χ2v) is 9.24. The van der Waals surface area contributed by atoms with Crippen LogP contribution in [0.4, 0.5) is 0 Å². The van der Waals surface area contributed by atoms with Crippen LogP contribution in [-0.2, 0) is 9.36 Å². The lowest BCUT2D eigenvalue weighted by atomic mass is 10.2. The molecule has 0 radical (unpaired) electrons. The number of rotatable bonds is 10. The summed E-state index contributed by atoms with van der Waals surface area (Å²) >= 11 is 0. The van der Waals surface area contributed by atoms with Crippen molar-refractivity contribution >= 4 is 33.9 Å². The van der Waals surface area contributed by atoms with Crippen molar-refractivity contribution in [3.05, 3.63) is 12.7 Å². The van der Waals surface area contributed by atoms with Gasteiger partial charge in [0.25, 0.3) is 0 Å². The Hall–Kier alpha value is 0.0600. The lowest BCUT2D eigenvalue weighted by molar-refractivity contribution is -0.127. The highest BCUT2D eigenvalue weighted by atomic mass is 33.3. The standard InChI is InChI=1S/C10H20NO4PS2/c1-3-5-6-8-11(7-4-2)10(12)9-17-18-16(13,14)15/h4H,2-3,5-9H2,1H3,(H2,13,14,15). The largest absolute Gasteiger partial charge is 0.394 e. The van der Waals surface area contributed by atoms with E-state index in [1.807, 2.05) is 0 Å². The number of carbonyl (C=O) groups excluding carboxylic acids is 1. The number of amides is 1. The van der Waals surface area contributed by atoms with E-state index in [0.717, 1.165) is 30.1 Å². The van der Waals surface area contributed by atoms with E-state index in [9.17, 15) is 9.36 Å². The summed E-state index contributed by atoms with van der Waals surface area (Å²) in [7, 11) is 1.33. The van der Waals surface area contributed by atoms with Crippen LogP contribution in [-0.4, -0.2) is 39.4 Å². The highest BCUT2D eigenvalue weighted by molar-refractivity contribution is 8.98. The van der Waals surface area contributed by atoms with Crippen molar-refractivity contribution in [2.45, 2.75) is 26.2 Å². The van der Waals surface area contributed by atoms with Crippen LogP contribution in [0.1, 0.15) is 26.2 Å². The second kappa shape index (κ2) is 9.92. The van der Waals surface area contributed by atoms with Crippen LogP contribution in [0.3, 0.4) is 0 Å².